The number of ether oxygens (including phenoxy) is 1. The summed E-state index contributed by atoms with van der Waals surface area (Å²) in [5.74, 6) is 0.423. The summed E-state index contributed by atoms with van der Waals surface area (Å²) >= 11 is 1.58. The molecule has 1 aromatic rings. The molecule has 0 aliphatic carbocycles. The normalized spacial score (nSPS) is 24.2. The summed E-state index contributed by atoms with van der Waals surface area (Å²) < 4.78 is 5.39. The molecule has 0 radical (unpaired) electrons. The molecule has 2 N–H and O–H groups in total. The predicted octanol–water partition coefficient (Wildman–Crippen LogP) is 0.527. The van der Waals surface area contributed by atoms with Crippen molar-refractivity contribution < 1.29 is 9.53 Å². The third kappa shape index (κ3) is 1.96. The lowest BCUT2D eigenvalue weighted by Crippen LogP contribution is -2.25. The van der Waals surface area contributed by atoms with Crippen LogP contribution in [0.1, 0.15) is 17.0 Å². The highest BCUT2D eigenvalue weighted by Crippen LogP contribution is 2.32. The van der Waals surface area contributed by atoms with Gasteiger partial charge in [0, 0.05) is 19.4 Å². The Morgan fingerprint density at radius 2 is 2.47 bits per heavy atom. The third-order valence-corrected chi connectivity index (χ3v) is 4.35. The Bertz CT molecular complexity index is 422. The summed E-state index contributed by atoms with van der Waals surface area (Å²) in [4.78, 5) is 19.4. The van der Waals surface area contributed by atoms with Gasteiger partial charge >= 0.3 is 0 Å². The molecule has 0 aromatic carbocycles. The van der Waals surface area contributed by atoms with Crippen molar-refractivity contribution in [3.05, 3.63) is 10.6 Å². The molecule has 1 saturated heterocycles. The predicted molar refractivity (Wildman–Crippen MR) is 65.0 cm³/mol. The van der Waals surface area contributed by atoms with E-state index < -0.39 is 0 Å². The minimum Gasteiger partial charge on any atom is -0.375 e. The van der Waals surface area contributed by atoms with E-state index in [-0.39, 0.29) is 11.8 Å². The lowest BCUT2D eigenvalue weighted by Gasteiger charge is -2.11. The van der Waals surface area contributed by atoms with Gasteiger partial charge in [-0.25, -0.2) is 4.98 Å². The average molecular weight is 253 g/mol. The van der Waals surface area contributed by atoms with Crippen LogP contribution < -0.4 is 10.6 Å². The van der Waals surface area contributed by atoms with Crippen LogP contribution in [0.15, 0.2) is 0 Å². The number of rotatable bonds is 2. The first kappa shape index (κ1) is 11.1. The van der Waals surface area contributed by atoms with Gasteiger partial charge in [0.1, 0.15) is 0 Å². The SMILES string of the molecule is NCC1CC(=O)N(c2nc3c(s2)COCC3)C1. The monoisotopic (exact) mass is 253 g/mol. The summed E-state index contributed by atoms with van der Waals surface area (Å²) in [6, 6.07) is 0. The lowest BCUT2D eigenvalue weighted by molar-refractivity contribution is -0.117. The Kier molecular flexibility index (Phi) is 2.85. The molecule has 1 aromatic heterocycles. The van der Waals surface area contributed by atoms with Crippen LogP contribution in [0, 0.1) is 5.92 Å². The van der Waals surface area contributed by atoms with E-state index in [1.165, 1.54) is 0 Å². The molecule has 0 saturated carbocycles. The van der Waals surface area contributed by atoms with Gasteiger partial charge in [0.05, 0.1) is 23.8 Å². The van der Waals surface area contributed by atoms with Crippen LogP contribution in [0.4, 0.5) is 5.13 Å². The van der Waals surface area contributed by atoms with Crippen molar-refractivity contribution in [2.45, 2.75) is 19.4 Å². The molecule has 5 nitrogen and oxygen atoms in total. The standard InChI is InChI=1S/C11H15N3O2S/c12-4-7-3-10(15)14(5-7)11-13-8-1-2-16-6-9(8)17-11/h7H,1-6,12H2. The largest absolute Gasteiger partial charge is 0.375 e. The fourth-order valence-electron chi connectivity index (χ4n) is 2.25. The molecule has 3 rings (SSSR count). The molecule has 1 atom stereocenters. The minimum atomic E-state index is 0.146. The molecule has 92 valence electrons. The van der Waals surface area contributed by atoms with E-state index in [1.54, 1.807) is 16.2 Å². The molecule has 2 aliphatic rings. The maximum absolute atomic E-state index is 11.9. The quantitative estimate of drug-likeness (QED) is 0.834. The second kappa shape index (κ2) is 4.36. The summed E-state index contributed by atoms with van der Waals surface area (Å²) in [5.41, 5.74) is 6.72. The zero-order chi connectivity index (χ0) is 11.8. The van der Waals surface area contributed by atoms with E-state index in [9.17, 15) is 4.79 Å². The van der Waals surface area contributed by atoms with E-state index >= 15 is 0 Å². The summed E-state index contributed by atoms with van der Waals surface area (Å²) in [5, 5.41) is 0.821. The number of thiazole rings is 1. The number of carbonyl (C=O) groups is 1. The Hall–Kier alpha value is -0.980. The van der Waals surface area contributed by atoms with Crippen molar-refractivity contribution in [1.29, 1.82) is 0 Å². The van der Waals surface area contributed by atoms with Crippen molar-refractivity contribution in [3.63, 3.8) is 0 Å². The first-order chi connectivity index (χ1) is 8.28. The minimum absolute atomic E-state index is 0.146. The highest BCUT2D eigenvalue weighted by molar-refractivity contribution is 7.15. The van der Waals surface area contributed by atoms with Gasteiger partial charge in [0.15, 0.2) is 5.13 Å². The van der Waals surface area contributed by atoms with Gasteiger partial charge in [-0.1, -0.05) is 11.3 Å². The average Bonchev–Trinajstić information content (AvgIpc) is 2.91. The van der Waals surface area contributed by atoms with E-state index in [0.29, 0.717) is 26.1 Å². The summed E-state index contributed by atoms with van der Waals surface area (Å²) in [6.07, 6.45) is 1.41. The Morgan fingerprint density at radius 3 is 3.18 bits per heavy atom. The number of hydrogen-bond donors (Lipinski definition) is 1. The molecule has 1 fully saturated rings. The zero-order valence-electron chi connectivity index (χ0n) is 9.52. The van der Waals surface area contributed by atoms with Crippen molar-refractivity contribution in [2.24, 2.45) is 11.7 Å². The fraction of sp³-hybridized carbons (Fsp3) is 0.636. The van der Waals surface area contributed by atoms with Crippen molar-refractivity contribution >= 4 is 22.4 Å². The number of nitrogens with two attached hydrogens (primary N) is 1. The molecule has 6 heteroatoms. The van der Waals surface area contributed by atoms with Crippen LogP contribution in [0.25, 0.3) is 0 Å². The van der Waals surface area contributed by atoms with Crippen molar-refractivity contribution in [1.82, 2.24) is 4.98 Å². The van der Waals surface area contributed by atoms with Crippen LogP contribution in [-0.2, 0) is 22.6 Å². The molecule has 2 aliphatic heterocycles. The Morgan fingerprint density at radius 1 is 1.59 bits per heavy atom. The number of amides is 1. The molecule has 1 amide bonds. The van der Waals surface area contributed by atoms with Gasteiger partial charge in [0.2, 0.25) is 5.91 Å². The summed E-state index contributed by atoms with van der Waals surface area (Å²) in [6.45, 7) is 2.64. The van der Waals surface area contributed by atoms with Gasteiger partial charge in [-0.2, -0.15) is 0 Å². The van der Waals surface area contributed by atoms with Crippen LogP contribution in [-0.4, -0.2) is 30.6 Å². The van der Waals surface area contributed by atoms with E-state index in [0.717, 1.165) is 28.7 Å². The first-order valence-electron chi connectivity index (χ1n) is 5.84. The third-order valence-electron chi connectivity index (χ3n) is 3.25. The second-order valence-electron chi connectivity index (χ2n) is 4.48. The molecular formula is C11H15N3O2S. The van der Waals surface area contributed by atoms with Crippen molar-refractivity contribution in [3.8, 4) is 0 Å². The van der Waals surface area contributed by atoms with Crippen LogP contribution >= 0.6 is 11.3 Å². The number of hydrogen-bond acceptors (Lipinski definition) is 5. The second-order valence-corrected chi connectivity index (χ2v) is 5.54. The Labute approximate surface area is 104 Å². The number of fused-ring (bicyclic) bond motifs is 1. The van der Waals surface area contributed by atoms with Gasteiger partial charge < -0.3 is 10.5 Å². The van der Waals surface area contributed by atoms with E-state index in [1.807, 2.05) is 0 Å². The fourth-order valence-corrected chi connectivity index (χ4v) is 3.32. The maximum atomic E-state index is 11.9. The maximum Gasteiger partial charge on any atom is 0.229 e. The van der Waals surface area contributed by atoms with Crippen LogP contribution in [0.3, 0.4) is 0 Å². The number of aromatic nitrogens is 1. The first-order valence-corrected chi connectivity index (χ1v) is 6.66. The van der Waals surface area contributed by atoms with Gasteiger partial charge in [-0.3, -0.25) is 9.69 Å². The molecule has 0 spiro atoms. The van der Waals surface area contributed by atoms with Gasteiger partial charge in [0.25, 0.3) is 0 Å². The smallest absolute Gasteiger partial charge is 0.229 e. The Balaban J connectivity index is 1.84. The van der Waals surface area contributed by atoms with Gasteiger partial charge in [-0.15, -0.1) is 0 Å². The zero-order valence-corrected chi connectivity index (χ0v) is 10.3. The van der Waals surface area contributed by atoms with E-state index in [4.69, 9.17) is 10.5 Å². The molecule has 0 bridgehead atoms. The van der Waals surface area contributed by atoms with E-state index in [2.05, 4.69) is 4.98 Å². The topological polar surface area (TPSA) is 68.5 Å². The number of carbonyl (C=O) groups excluding carboxylic acids is 1. The summed E-state index contributed by atoms with van der Waals surface area (Å²) in [7, 11) is 0. The molecule has 3 heterocycles. The highest BCUT2D eigenvalue weighted by atomic mass is 32.1. The lowest BCUT2D eigenvalue weighted by atomic mass is 10.1. The molecule has 1 unspecified atom stereocenters. The number of anilines is 1. The molecular weight excluding hydrogens is 238 g/mol. The number of nitrogens with zero attached hydrogens (tertiary/aromatic N) is 2. The van der Waals surface area contributed by atoms with Crippen LogP contribution in [0.5, 0.6) is 0 Å². The van der Waals surface area contributed by atoms with Gasteiger partial charge in [-0.05, 0) is 12.5 Å². The van der Waals surface area contributed by atoms with Crippen LogP contribution in [0.2, 0.25) is 0 Å². The van der Waals surface area contributed by atoms with Crippen molar-refractivity contribution in [2.75, 3.05) is 24.6 Å². The molecule has 17 heavy (non-hydrogen) atoms. The highest BCUT2D eigenvalue weighted by Gasteiger charge is 2.32.